The lowest BCUT2D eigenvalue weighted by Gasteiger charge is -2.40. The molecular weight excluding hydrogens is 402 g/mol. The van der Waals surface area contributed by atoms with E-state index in [9.17, 15) is 15.3 Å². The Kier molecular flexibility index (Phi) is 7.04. The number of halogens is 1. The highest BCUT2D eigenvalue weighted by atomic mass is 79.9. The molecule has 0 amide bonds. The third-order valence-corrected chi connectivity index (χ3v) is 4.10. The second kappa shape index (κ2) is 8.81. The van der Waals surface area contributed by atoms with Crippen LogP contribution in [0.3, 0.4) is 0 Å². The van der Waals surface area contributed by atoms with Crippen molar-refractivity contribution in [2.45, 2.75) is 30.6 Å². The van der Waals surface area contributed by atoms with E-state index in [1.807, 2.05) is 24.3 Å². The summed E-state index contributed by atoms with van der Waals surface area (Å²) in [4.78, 5) is 0. The van der Waals surface area contributed by atoms with Crippen LogP contribution in [0.5, 0.6) is 0 Å². The first-order valence-electron chi connectivity index (χ1n) is 7.08. The number of rotatable bonds is 4. The zero-order valence-electron chi connectivity index (χ0n) is 12.4. The number of aliphatic hydroxyl groups is 4. The number of thiocarbonyl (C=S) groups is 1. The maximum absolute atomic E-state index is 9.89. The van der Waals surface area contributed by atoms with Crippen molar-refractivity contribution in [3.8, 4) is 0 Å². The number of benzene rings is 1. The first-order valence-corrected chi connectivity index (χ1v) is 8.28. The van der Waals surface area contributed by atoms with E-state index in [1.165, 1.54) is 0 Å². The third kappa shape index (κ3) is 4.93. The number of hydrogen-bond acceptors (Lipinski definition) is 7. The van der Waals surface area contributed by atoms with Gasteiger partial charge in [0, 0.05) is 4.47 Å². The molecule has 0 saturated carbocycles. The quantitative estimate of drug-likeness (QED) is 0.209. The average molecular weight is 420 g/mol. The average Bonchev–Trinajstić information content (AvgIpc) is 2.55. The van der Waals surface area contributed by atoms with Crippen LogP contribution in [-0.4, -0.2) is 69.0 Å². The molecule has 0 aromatic heterocycles. The highest BCUT2D eigenvalue weighted by Gasteiger charge is 2.43. The van der Waals surface area contributed by atoms with Gasteiger partial charge < -0.3 is 30.5 Å². The van der Waals surface area contributed by atoms with Gasteiger partial charge in [0.05, 0.1) is 12.8 Å². The number of ether oxygens (including phenoxy) is 1. The van der Waals surface area contributed by atoms with Crippen LogP contribution in [-0.2, 0) is 4.74 Å². The molecular formula is C14H18BrN3O5S. The lowest BCUT2D eigenvalue weighted by molar-refractivity contribution is -0.232. The van der Waals surface area contributed by atoms with E-state index in [1.54, 1.807) is 6.21 Å². The normalized spacial score (nSPS) is 30.3. The summed E-state index contributed by atoms with van der Waals surface area (Å²) in [6, 6.07) is 7.45. The number of hydrazone groups is 1. The van der Waals surface area contributed by atoms with Gasteiger partial charge in [-0.1, -0.05) is 28.1 Å². The van der Waals surface area contributed by atoms with Crippen LogP contribution in [0.1, 0.15) is 5.56 Å². The predicted molar refractivity (Wildman–Crippen MR) is 94.4 cm³/mol. The highest BCUT2D eigenvalue weighted by molar-refractivity contribution is 9.10. The summed E-state index contributed by atoms with van der Waals surface area (Å²) in [5.74, 6) is 0. The van der Waals surface area contributed by atoms with Crippen LogP contribution in [0.25, 0.3) is 0 Å². The van der Waals surface area contributed by atoms with E-state index < -0.39 is 37.3 Å². The Hall–Kier alpha value is -1.14. The van der Waals surface area contributed by atoms with Gasteiger partial charge >= 0.3 is 0 Å². The summed E-state index contributed by atoms with van der Waals surface area (Å²) in [6.45, 7) is -0.510. The Labute approximate surface area is 152 Å². The van der Waals surface area contributed by atoms with Crippen LogP contribution in [0.4, 0.5) is 0 Å². The molecule has 6 N–H and O–H groups in total. The van der Waals surface area contributed by atoms with E-state index in [0.717, 1.165) is 10.0 Å². The zero-order valence-corrected chi connectivity index (χ0v) is 14.8. The van der Waals surface area contributed by atoms with Crippen LogP contribution in [0.2, 0.25) is 0 Å². The van der Waals surface area contributed by atoms with Gasteiger partial charge in [0.15, 0.2) is 11.3 Å². The third-order valence-electron chi connectivity index (χ3n) is 3.39. The molecule has 1 fully saturated rings. The van der Waals surface area contributed by atoms with Crippen LogP contribution >= 0.6 is 28.1 Å². The molecule has 5 atom stereocenters. The standard InChI is InChI=1S/C14H18BrN3O5S/c15-8-3-1-2-7(4-8)5-16-18-14(24)17-13-12(22)11(21)10(20)9(6-19)23-13/h1-5,9-13,19-22H,6H2,(H2,17,18,24)/b16-5+/t9-,10-,11+,12-,13-/m1/s1. The van der Waals surface area contributed by atoms with Crippen molar-refractivity contribution in [2.75, 3.05) is 6.61 Å². The van der Waals surface area contributed by atoms with Crippen molar-refractivity contribution >= 4 is 39.5 Å². The van der Waals surface area contributed by atoms with E-state index >= 15 is 0 Å². The maximum atomic E-state index is 9.89. The summed E-state index contributed by atoms with van der Waals surface area (Å²) in [5, 5.41) is 45.0. The lowest BCUT2D eigenvalue weighted by Crippen LogP contribution is -2.63. The fourth-order valence-electron chi connectivity index (χ4n) is 2.13. The van der Waals surface area contributed by atoms with Crippen molar-refractivity contribution in [3.63, 3.8) is 0 Å². The molecule has 2 rings (SSSR count). The minimum atomic E-state index is -1.47. The topological polar surface area (TPSA) is 127 Å². The summed E-state index contributed by atoms with van der Waals surface area (Å²) < 4.78 is 6.19. The van der Waals surface area contributed by atoms with E-state index in [-0.39, 0.29) is 5.11 Å². The van der Waals surface area contributed by atoms with Gasteiger partial charge in [0.1, 0.15) is 24.4 Å². The number of nitrogens with zero attached hydrogens (tertiary/aromatic N) is 1. The summed E-state index contributed by atoms with van der Waals surface area (Å²) in [5.41, 5.74) is 3.39. The SMILES string of the molecule is OC[C@H]1O[C@@H](NC(=S)N/N=C/c2cccc(Br)c2)[C@H](O)[C@@H](O)[C@@H]1O. The molecule has 1 aromatic rings. The fourth-order valence-corrected chi connectivity index (χ4v) is 2.72. The molecule has 8 nitrogen and oxygen atoms in total. The molecule has 1 saturated heterocycles. The second-order valence-electron chi connectivity index (χ2n) is 5.15. The highest BCUT2D eigenvalue weighted by Crippen LogP contribution is 2.19. The number of hydrogen-bond donors (Lipinski definition) is 6. The Balaban J connectivity index is 1.89. The Morgan fingerprint density at radius 2 is 2.04 bits per heavy atom. The van der Waals surface area contributed by atoms with Crippen LogP contribution in [0.15, 0.2) is 33.8 Å². The van der Waals surface area contributed by atoms with Gasteiger partial charge in [-0.3, -0.25) is 5.43 Å². The zero-order chi connectivity index (χ0) is 17.7. The Morgan fingerprint density at radius 3 is 2.71 bits per heavy atom. The van der Waals surface area contributed by atoms with E-state index in [4.69, 9.17) is 22.1 Å². The van der Waals surface area contributed by atoms with Gasteiger partial charge in [0.2, 0.25) is 0 Å². The molecule has 1 heterocycles. The van der Waals surface area contributed by atoms with E-state index in [0.29, 0.717) is 0 Å². The first kappa shape index (κ1) is 19.2. The van der Waals surface area contributed by atoms with Crippen molar-refractivity contribution in [2.24, 2.45) is 5.10 Å². The minimum Gasteiger partial charge on any atom is -0.394 e. The fraction of sp³-hybridized carbons (Fsp3) is 0.429. The van der Waals surface area contributed by atoms with Gasteiger partial charge in [-0.05, 0) is 29.9 Å². The molecule has 24 heavy (non-hydrogen) atoms. The molecule has 132 valence electrons. The second-order valence-corrected chi connectivity index (χ2v) is 6.47. The van der Waals surface area contributed by atoms with Crippen molar-refractivity contribution in [3.05, 3.63) is 34.3 Å². The number of aliphatic hydroxyl groups excluding tert-OH is 4. The summed E-state index contributed by atoms with van der Waals surface area (Å²) in [6.07, 6.45) is -4.86. The molecule has 10 heteroatoms. The van der Waals surface area contributed by atoms with Gasteiger partial charge in [-0.15, -0.1) is 0 Å². The summed E-state index contributed by atoms with van der Waals surface area (Å²) in [7, 11) is 0. The molecule has 1 aliphatic rings. The first-order chi connectivity index (χ1) is 11.4. The predicted octanol–water partition coefficient (Wildman–Crippen LogP) is -0.953. The molecule has 1 aliphatic heterocycles. The molecule has 0 aliphatic carbocycles. The van der Waals surface area contributed by atoms with Crippen molar-refractivity contribution < 1.29 is 25.2 Å². The largest absolute Gasteiger partial charge is 0.394 e. The molecule has 0 radical (unpaired) electrons. The Morgan fingerprint density at radius 1 is 1.29 bits per heavy atom. The molecule has 0 unspecified atom stereocenters. The van der Waals surface area contributed by atoms with Gasteiger partial charge in [-0.25, -0.2) is 0 Å². The van der Waals surface area contributed by atoms with Crippen LogP contribution in [0, 0.1) is 0 Å². The lowest BCUT2D eigenvalue weighted by atomic mass is 9.98. The van der Waals surface area contributed by atoms with Gasteiger partial charge in [0.25, 0.3) is 0 Å². The molecule has 1 aromatic carbocycles. The smallest absolute Gasteiger partial charge is 0.189 e. The molecule has 0 spiro atoms. The minimum absolute atomic E-state index is 0.0468. The van der Waals surface area contributed by atoms with E-state index in [2.05, 4.69) is 31.8 Å². The molecule has 0 bridgehead atoms. The summed E-state index contributed by atoms with van der Waals surface area (Å²) >= 11 is 8.38. The Bertz CT molecular complexity index is 604. The van der Waals surface area contributed by atoms with Crippen molar-refractivity contribution in [1.29, 1.82) is 0 Å². The monoisotopic (exact) mass is 419 g/mol. The maximum Gasteiger partial charge on any atom is 0.189 e. The number of nitrogens with one attached hydrogen (secondary N) is 2. The van der Waals surface area contributed by atoms with Crippen molar-refractivity contribution in [1.82, 2.24) is 10.7 Å². The van der Waals surface area contributed by atoms with Crippen LogP contribution < -0.4 is 10.7 Å². The van der Waals surface area contributed by atoms with Gasteiger partial charge in [-0.2, -0.15) is 5.10 Å².